The van der Waals surface area contributed by atoms with Gasteiger partial charge in [0.1, 0.15) is 12.6 Å². The Morgan fingerprint density at radius 3 is 2.58 bits per heavy atom. The van der Waals surface area contributed by atoms with E-state index in [9.17, 15) is 4.79 Å². The molecule has 206 valence electrons. The first-order valence-corrected chi connectivity index (χ1v) is 14.5. The number of hydrogen-bond acceptors (Lipinski definition) is 8. The molecule has 1 atom stereocenters. The number of anilines is 1. The highest BCUT2D eigenvalue weighted by molar-refractivity contribution is 9.10. The van der Waals surface area contributed by atoms with Crippen LogP contribution in [-0.2, 0) is 21.9 Å². The lowest BCUT2D eigenvalue weighted by molar-refractivity contribution is -0.140. The van der Waals surface area contributed by atoms with Gasteiger partial charge in [0, 0.05) is 16.5 Å². The number of ether oxygens (including phenoxy) is 3. The summed E-state index contributed by atoms with van der Waals surface area (Å²) in [5.74, 6) is 1.69. The number of benzene rings is 3. The van der Waals surface area contributed by atoms with Crippen molar-refractivity contribution in [2.45, 2.75) is 30.5 Å². The molecule has 8 nitrogen and oxygen atoms in total. The van der Waals surface area contributed by atoms with Gasteiger partial charge in [-0.15, -0.1) is 5.10 Å². The van der Waals surface area contributed by atoms with E-state index in [0.717, 1.165) is 16.7 Å². The van der Waals surface area contributed by atoms with Gasteiger partial charge in [0.25, 0.3) is 0 Å². The highest BCUT2D eigenvalue weighted by Gasteiger charge is 2.36. The van der Waals surface area contributed by atoms with Crippen molar-refractivity contribution in [3.05, 3.63) is 104 Å². The molecule has 0 spiro atoms. The molecule has 2 heterocycles. The van der Waals surface area contributed by atoms with Gasteiger partial charge in [-0.2, -0.15) is 4.98 Å². The highest BCUT2D eigenvalue weighted by Crippen LogP contribution is 2.43. The summed E-state index contributed by atoms with van der Waals surface area (Å²) in [7, 11) is 3.14. The van der Waals surface area contributed by atoms with Crippen LogP contribution in [0.5, 0.6) is 11.5 Å². The second-order valence-corrected chi connectivity index (χ2v) is 11.1. The van der Waals surface area contributed by atoms with E-state index in [0.29, 0.717) is 49.1 Å². The molecular formula is C29H26BrClN4O4S. The van der Waals surface area contributed by atoms with Crippen molar-refractivity contribution in [1.29, 1.82) is 0 Å². The number of carbonyl (C=O) groups excluding carboxylic acids is 1. The second-order valence-electron chi connectivity index (χ2n) is 8.91. The van der Waals surface area contributed by atoms with Gasteiger partial charge < -0.3 is 19.5 Å². The molecule has 1 unspecified atom stereocenters. The van der Waals surface area contributed by atoms with Crippen LogP contribution in [0.1, 0.15) is 29.7 Å². The highest BCUT2D eigenvalue weighted by atomic mass is 79.9. The van der Waals surface area contributed by atoms with Crippen molar-refractivity contribution in [3.63, 3.8) is 0 Å². The van der Waals surface area contributed by atoms with Crippen LogP contribution in [0.2, 0.25) is 5.02 Å². The molecule has 0 saturated heterocycles. The van der Waals surface area contributed by atoms with Gasteiger partial charge in [-0.05, 0) is 57.7 Å². The van der Waals surface area contributed by atoms with Crippen LogP contribution in [0.25, 0.3) is 0 Å². The Kier molecular flexibility index (Phi) is 8.68. The van der Waals surface area contributed by atoms with E-state index < -0.39 is 12.0 Å². The van der Waals surface area contributed by atoms with Crippen LogP contribution in [0.15, 0.2) is 87.6 Å². The number of nitrogens with one attached hydrogen (secondary N) is 1. The number of aromatic nitrogens is 3. The zero-order valence-corrected chi connectivity index (χ0v) is 25.1. The van der Waals surface area contributed by atoms with E-state index in [1.165, 1.54) is 11.8 Å². The summed E-state index contributed by atoms with van der Waals surface area (Å²) in [6.45, 7) is 1.97. The molecule has 4 aromatic rings. The lowest BCUT2D eigenvalue weighted by Crippen LogP contribution is -2.29. The van der Waals surface area contributed by atoms with Crippen LogP contribution in [0.3, 0.4) is 0 Å². The van der Waals surface area contributed by atoms with E-state index >= 15 is 0 Å². The van der Waals surface area contributed by atoms with Crippen LogP contribution in [-0.4, -0.2) is 35.0 Å². The topological polar surface area (TPSA) is 87.5 Å². The second kappa shape index (κ2) is 12.4. The molecule has 5 rings (SSSR count). The Morgan fingerprint density at radius 1 is 1.10 bits per heavy atom. The van der Waals surface area contributed by atoms with Gasteiger partial charge in [-0.25, -0.2) is 9.48 Å². The fourth-order valence-corrected chi connectivity index (χ4v) is 6.16. The average molecular weight is 642 g/mol. The van der Waals surface area contributed by atoms with Crippen LogP contribution in [0, 0.1) is 0 Å². The molecular weight excluding hydrogens is 616 g/mol. The minimum absolute atomic E-state index is 0.141. The van der Waals surface area contributed by atoms with Crippen LogP contribution < -0.4 is 14.8 Å². The quantitative estimate of drug-likeness (QED) is 0.154. The zero-order valence-electron chi connectivity index (χ0n) is 22.0. The van der Waals surface area contributed by atoms with Crippen molar-refractivity contribution in [2.75, 3.05) is 19.5 Å². The Balaban J connectivity index is 1.52. The molecule has 0 fully saturated rings. The lowest BCUT2D eigenvalue weighted by atomic mass is 9.95. The number of hydrogen-bond donors (Lipinski definition) is 1. The summed E-state index contributed by atoms with van der Waals surface area (Å²) in [6, 6.07) is 20.3. The molecule has 40 heavy (non-hydrogen) atoms. The number of rotatable bonds is 9. The number of allylic oxidation sites excluding steroid dienone is 1. The Labute approximate surface area is 249 Å². The Bertz CT molecular complexity index is 1580. The van der Waals surface area contributed by atoms with Crippen molar-refractivity contribution in [3.8, 4) is 11.5 Å². The fraction of sp³-hybridized carbons (Fsp3) is 0.207. The molecule has 0 radical (unpaired) electrons. The molecule has 0 bridgehead atoms. The van der Waals surface area contributed by atoms with Gasteiger partial charge in [0.05, 0.1) is 24.3 Å². The third kappa shape index (κ3) is 5.84. The number of carbonyl (C=O) groups is 1. The lowest BCUT2D eigenvalue weighted by Gasteiger charge is -2.28. The summed E-state index contributed by atoms with van der Waals surface area (Å²) in [5, 5.41) is 9.27. The standard InChI is InChI=1S/C29H26BrClN4O4S/c1-17-24(27(36)39-15-18-9-5-4-6-10-18)25(20-13-21(30)26(38-3)23(14-20)37-2)35-28(32-17)33-29(34-35)40-16-19-11-7-8-12-22(19)31/h4-14,25H,15-16H2,1-3H3,(H,32,33,34). The van der Waals surface area contributed by atoms with E-state index in [1.54, 1.807) is 18.9 Å². The normalized spacial score (nSPS) is 14.4. The number of esters is 1. The third-order valence-corrected chi connectivity index (χ3v) is 8.20. The summed E-state index contributed by atoms with van der Waals surface area (Å²) in [5.41, 5.74) is 3.65. The predicted molar refractivity (Wildman–Crippen MR) is 159 cm³/mol. The van der Waals surface area contributed by atoms with Gasteiger partial charge in [-0.3, -0.25) is 0 Å². The van der Waals surface area contributed by atoms with E-state index in [1.807, 2.05) is 73.7 Å². The first-order chi connectivity index (χ1) is 19.4. The maximum atomic E-state index is 13.6. The molecule has 1 N–H and O–H groups in total. The number of halogens is 2. The molecule has 3 aromatic carbocycles. The van der Waals surface area contributed by atoms with Gasteiger partial charge in [0.15, 0.2) is 11.5 Å². The fourth-order valence-electron chi connectivity index (χ4n) is 4.42. The van der Waals surface area contributed by atoms with Gasteiger partial charge in [0.2, 0.25) is 11.1 Å². The molecule has 1 aliphatic heterocycles. The van der Waals surface area contributed by atoms with E-state index in [4.69, 9.17) is 35.9 Å². The molecule has 0 saturated carbocycles. The molecule has 0 amide bonds. The zero-order chi connectivity index (χ0) is 28.2. The SMILES string of the molecule is COc1cc(C2C(C(=O)OCc3ccccc3)=C(C)Nc3nc(SCc4ccccc4Cl)nn32)cc(Br)c1OC. The minimum Gasteiger partial charge on any atom is -0.493 e. The third-order valence-electron chi connectivity index (χ3n) is 6.35. The van der Waals surface area contributed by atoms with Crippen LogP contribution in [0.4, 0.5) is 5.95 Å². The van der Waals surface area contributed by atoms with E-state index in [-0.39, 0.29) is 6.61 Å². The maximum absolute atomic E-state index is 13.6. The summed E-state index contributed by atoms with van der Waals surface area (Å²) >= 11 is 11.4. The number of nitrogens with zero attached hydrogens (tertiary/aromatic N) is 3. The maximum Gasteiger partial charge on any atom is 0.338 e. The summed E-state index contributed by atoms with van der Waals surface area (Å²) in [6.07, 6.45) is 0. The molecule has 0 aliphatic carbocycles. The summed E-state index contributed by atoms with van der Waals surface area (Å²) in [4.78, 5) is 18.3. The van der Waals surface area contributed by atoms with Gasteiger partial charge >= 0.3 is 5.97 Å². The van der Waals surface area contributed by atoms with Gasteiger partial charge in [-0.1, -0.05) is 71.9 Å². The monoisotopic (exact) mass is 640 g/mol. The molecule has 1 aromatic heterocycles. The molecule has 11 heteroatoms. The first-order valence-electron chi connectivity index (χ1n) is 12.3. The van der Waals surface area contributed by atoms with Crippen molar-refractivity contribution >= 4 is 51.2 Å². The van der Waals surface area contributed by atoms with Crippen LogP contribution >= 0.6 is 39.3 Å². The molecule has 1 aliphatic rings. The van der Waals surface area contributed by atoms with E-state index in [2.05, 4.69) is 21.2 Å². The number of methoxy groups -OCH3 is 2. The average Bonchev–Trinajstić information content (AvgIpc) is 3.37. The largest absolute Gasteiger partial charge is 0.493 e. The first kappa shape index (κ1) is 28.1. The smallest absolute Gasteiger partial charge is 0.338 e. The minimum atomic E-state index is -0.641. The van der Waals surface area contributed by atoms with Crippen molar-refractivity contribution in [1.82, 2.24) is 14.8 Å². The Hall–Kier alpha value is -3.47. The summed E-state index contributed by atoms with van der Waals surface area (Å²) < 4.78 is 19.3. The number of fused-ring (bicyclic) bond motifs is 1. The van der Waals surface area contributed by atoms with Crippen molar-refractivity contribution in [2.24, 2.45) is 0 Å². The van der Waals surface area contributed by atoms with Crippen molar-refractivity contribution < 1.29 is 19.0 Å². The Morgan fingerprint density at radius 2 is 1.85 bits per heavy atom. The number of thioether (sulfide) groups is 1. The predicted octanol–water partition coefficient (Wildman–Crippen LogP) is 7.04.